The molecule has 2 rings (SSSR count). The smallest absolute Gasteiger partial charge is 0.335 e. The molecule has 106 valence electrons. The molecule has 0 saturated heterocycles. The van der Waals surface area contributed by atoms with Crippen LogP contribution in [0.5, 0.6) is 0 Å². The maximum absolute atomic E-state index is 12.2. The quantitative estimate of drug-likeness (QED) is 0.871. The van der Waals surface area contributed by atoms with Crippen molar-refractivity contribution in [3.8, 4) is 6.07 Å². The molecule has 0 radical (unpaired) electrons. The van der Waals surface area contributed by atoms with Gasteiger partial charge < -0.3 is 5.11 Å². The SMILES string of the molecule is N#CC1CCCC1NS(=O)(=O)c1ccc(C(=O)O)cc1. The van der Waals surface area contributed by atoms with Crippen molar-refractivity contribution in [1.82, 2.24) is 4.72 Å². The van der Waals surface area contributed by atoms with Crippen molar-refractivity contribution in [1.29, 1.82) is 5.26 Å². The Bertz CT molecular complexity index is 646. The molecule has 6 nitrogen and oxygen atoms in total. The Morgan fingerprint density at radius 2 is 1.95 bits per heavy atom. The highest BCUT2D eigenvalue weighted by Crippen LogP contribution is 2.26. The van der Waals surface area contributed by atoms with E-state index in [4.69, 9.17) is 10.4 Å². The zero-order chi connectivity index (χ0) is 14.8. The van der Waals surface area contributed by atoms with Gasteiger partial charge in [0.25, 0.3) is 0 Å². The van der Waals surface area contributed by atoms with Crippen LogP contribution in [0.2, 0.25) is 0 Å². The van der Waals surface area contributed by atoms with Crippen molar-refractivity contribution >= 4 is 16.0 Å². The number of nitrogens with one attached hydrogen (secondary N) is 1. The molecule has 1 saturated carbocycles. The number of carboxylic acids is 1. The Morgan fingerprint density at radius 3 is 2.50 bits per heavy atom. The number of aromatic carboxylic acids is 1. The van der Waals surface area contributed by atoms with Crippen LogP contribution in [0.4, 0.5) is 0 Å². The number of benzene rings is 1. The maximum Gasteiger partial charge on any atom is 0.335 e. The molecule has 7 heteroatoms. The van der Waals surface area contributed by atoms with Gasteiger partial charge in [0.15, 0.2) is 0 Å². The third kappa shape index (κ3) is 2.98. The number of nitrogens with zero attached hydrogens (tertiary/aromatic N) is 1. The van der Waals surface area contributed by atoms with Gasteiger partial charge in [-0.1, -0.05) is 6.42 Å². The summed E-state index contributed by atoms with van der Waals surface area (Å²) >= 11 is 0. The predicted molar refractivity (Wildman–Crippen MR) is 70.5 cm³/mol. The molecule has 2 atom stereocenters. The van der Waals surface area contributed by atoms with Crippen molar-refractivity contribution in [2.24, 2.45) is 5.92 Å². The number of carboxylic acid groups (broad SMARTS) is 1. The van der Waals surface area contributed by atoms with Crippen LogP contribution in [0, 0.1) is 17.2 Å². The fourth-order valence-electron chi connectivity index (χ4n) is 2.30. The van der Waals surface area contributed by atoms with Gasteiger partial charge in [-0.3, -0.25) is 0 Å². The first-order valence-electron chi connectivity index (χ1n) is 6.19. The molecule has 0 heterocycles. The van der Waals surface area contributed by atoms with Gasteiger partial charge in [-0.05, 0) is 37.1 Å². The van der Waals surface area contributed by atoms with Crippen molar-refractivity contribution in [2.75, 3.05) is 0 Å². The molecule has 0 aromatic heterocycles. The van der Waals surface area contributed by atoms with Gasteiger partial charge in [-0.2, -0.15) is 5.26 Å². The minimum atomic E-state index is -3.72. The van der Waals surface area contributed by atoms with Gasteiger partial charge >= 0.3 is 5.97 Å². The van der Waals surface area contributed by atoms with E-state index in [9.17, 15) is 13.2 Å². The standard InChI is InChI=1S/C13H14N2O4S/c14-8-10-2-1-3-12(10)15-20(18,19)11-6-4-9(5-7-11)13(16)17/h4-7,10,12,15H,1-3H2,(H,16,17). The maximum atomic E-state index is 12.2. The third-order valence-corrected chi connectivity index (χ3v) is 4.91. The van der Waals surface area contributed by atoms with E-state index < -0.39 is 16.0 Å². The monoisotopic (exact) mass is 294 g/mol. The summed E-state index contributed by atoms with van der Waals surface area (Å²) in [6.07, 6.45) is 2.16. The molecule has 0 bridgehead atoms. The molecule has 20 heavy (non-hydrogen) atoms. The van der Waals surface area contributed by atoms with Gasteiger partial charge in [-0.25, -0.2) is 17.9 Å². The molecule has 1 aliphatic carbocycles. The van der Waals surface area contributed by atoms with Crippen LogP contribution < -0.4 is 4.72 Å². The van der Waals surface area contributed by atoms with Gasteiger partial charge in [0.1, 0.15) is 0 Å². The zero-order valence-corrected chi connectivity index (χ0v) is 11.4. The second-order valence-electron chi connectivity index (χ2n) is 4.72. The molecule has 0 amide bonds. The average molecular weight is 294 g/mol. The summed E-state index contributed by atoms with van der Waals surface area (Å²) in [7, 11) is -3.72. The summed E-state index contributed by atoms with van der Waals surface area (Å²) in [4.78, 5) is 10.7. The van der Waals surface area contributed by atoms with Crippen LogP contribution in [0.25, 0.3) is 0 Å². The number of hydrogen-bond donors (Lipinski definition) is 2. The number of carbonyl (C=O) groups is 1. The van der Waals surface area contributed by atoms with Gasteiger partial charge in [0.05, 0.1) is 22.4 Å². The highest BCUT2D eigenvalue weighted by Gasteiger charge is 2.31. The first-order valence-corrected chi connectivity index (χ1v) is 7.67. The molecule has 2 N–H and O–H groups in total. The Hall–Kier alpha value is -1.91. The van der Waals surface area contributed by atoms with Crippen molar-refractivity contribution < 1.29 is 18.3 Å². The summed E-state index contributed by atoms with van der Waals surface area (Å²) in [5.74, 6) is -1.41. The summed E-state index contributed by atoms with van der Waals surface area (Å²) in [5.41, 5.74) is 0.0275. The predicted octanol–water partition coefficient (Wildman–Crippen LogP) is 1.36. The van der Waals surface area contributed by atoms with Crippen LogP contribution in [0.3, 0.4) is 0 Å². The number of rotatable bonds is 4. The van der Waals surface area contributed by atoms with E-state index >= 15 is 0 Å². The molecule has 1 aromatic rings. The molecule has 1 fully saturated rings. The highest BCUT2D eigenvalue weighted by molar-refractivity contribution is 7.89. The lowest BCUT2D eigenvalue weighted by molar-refractivity contribution is 0.0696. The van der Waals surface area contributed by atoms with Crippen LogP contribution in [0.1, 0.15) is 29.6 Å². The molecule has 1 aromatic carbocycles. The molecule has 0 spiro atoms. The first-order chi connectivity index (χ1) is 9.44. The van der Waals surface area contributed by atoms with Crippen LogP contribution in [-0.2, 0) is 10.0 Å². The molecule has 2 unspecified atom stereocenters. The first kappa shape index (κ1) is 14.5. The minimum absolute atomic E-state index is 0.00564. The number of sulfonamides is 1. The van der Waals surface area contributed by atoms with Gasteiger partial charge in [-0.15, -0.1) is 0 Å². The van der Waals surface area contributed by atoms with Crippen LogP contribution >= 0.6 is 0 Å². The van der Waals surface area contributed by atoms with Crippen molar-refractivity contribution in [3.63, 3.8) is 0 Å². The van der Waals surface area contributed by atoms with E-state index in [-0.39, 0.29) is 22.4 Å². The Kier molecular flexibility index (Phi) is 4.06. The van der Waals surface area contributed by atoms with E-state index in [0.717, 1.165) is 6.42 Å². The topological polar surface area (TPSA) is 107 Å². The lowest BCUT2D eigenvalue weighted by Crippen LogP contribution is -2.36. The summed E-state index contributed by atoms with van der Waals surface area (Å²) in [5, 5.41) is 17.7. The third-order valence-electron chi connectivity index (χ3n) is 3.40. The summed E-state index contributed by atoms with van der Waals surface area (Å²) in [6.45, 7) is 0. The second-order valence-corrected chi connectivity index (χ2v) is 6.44. The zero-order valence-electron chi connectivity index (χ0n) is 10.6. The Balaban J connectivity index is 2.18. The lowest BCUT2D eigenvalue weighted by Gasteiger charge is -2.15. The second kappa shape index (κ2) is 5.61. The van der Waals surface area contributed by atoms with E-state index in [1.165, 1.54) is 24.3 Å². The van der Waals surface area contributed by atoms with E-state index in [2.05, 4.69) is 10.8 Å². The van der Waals surface area contributed by atoms with Crippen LogP contribution in [0.15, 0.2) is 29.2 Å². The fraction of sp³-hybridized carbons (Fsp3) is 0.385. The number of nitriles is 1. The largest absolute Gasteiger partial charge is 0.478 e. The van der Waals surface area contributed by atoms with Gasteiger partial charge in [0.2, 0.25) is 10.0 Å². The highest BCUT2D eigenvalue weighted by atomic mass is 32.2. The Morgan fingerprint density at radius 1 is 1.30 bits per heavy atom. The normalized spacial score (nSPS) is 22.4. The lowest BCUT2D eigenvalue weighted by atomic mass is 10.1. The molecule has 0 aliphatic heterocycles. The van der Waals surface area contributed by atoms with Crippen molar-refractivity contribution in [3.05, 3.63) is 29.8 Å². The van der Waals surface area contributed by atoms with E-state index in [1.54, 1.807) is 0 Å². The van der Waals surface area contributed by atoms with Crippen molar-refractivity contribution in [2.45, 2.75) is 30.2 Å². The molecule has 1 aliphatic rings. The molecular formula is C13H14N2O4S. The van der Waals surface area contributed by atoms with Gasteiger partial charge in [0, 0.05) is 6.04 Å². The average Bonchev–Trinajstić information content (AvgIpc) is 2.85. The number of hydrogen-bond acceptors (Lipinski definition) is 4. The van der Waals surface area contributed by atoms with Crippen LogP contribution in [-0.4, -0.2) is 25.5 Å². The fourth-order valence-corrected chi connectivity index (χ4v) is 3.61. The summed E-state index contributed by atoms with van der Waals surface area (Å²) < 4.78 is 26.8. The Labute approximate surface area is 117 Å². The summed E-state index contributed by atoms with van der Waals surface area (Å²) in [6, 6.07) is 6.73. The molecular weight excluding hydrogens is 280 g/mol. The van der Waals surface area contributed by atoms with E-state index in [0.29, 0.717) is 12.8 Å². The minimum Gasteiger partial charge on any atom is -0.478 e. The van der Waals surface area contributed by atoms with E-state index in [1.807, 2.05) is 0 Å².